The molecule has 184 valence electrons. The van der Waals surface area contributed by atoms with Gasteiger partial charge in [-0.05, 0) is 67.9 Å². The molecule has 8 nitrogen and oxygen atoms in total. The molecule has 3 aromatic carbocycles. The fourth-order valence-corrected chi connectivity index (χ4v) is 5.59. The normalized spacial score (nSPS) is 12.9. The minimum Gasteiger partial charge on any atom is -0.495 e. The molecule has 9 heteroatoms. The zero-order valence-corrected chi connectivity index (χ0v) is 20.7. The lowest BCUT2D eigenvalue weighted by Gasteiger charge is -2.32. The SMILES string of the molecule is CCOc1ccc(N(CC(=O)N2CCOc3ccccc32)S(=O)(=O)c2cc(C)ccc2OC)cc1. The number of hydrogen-bond donors (Lipinski definition) is 0. The largest absolute Gasteiger partial charge is 0.495 e. The van der Waals surface area contributed by atoms with Crippen molar-refractivity contribution in [1.82, 2.24) is 0 Å². The lowest BCUT2D eigenvalue weighted by Crippen LogP contribution is -2.46. The van der Waals surface area contributed by atoms with Crippen LogP contribution in [-0.4, -0.2) is 47.7 Å². The molecular weight excluding hydrogens is 468 g/mol. The summed E-state index contributed by atoms with van der Waals surface area (Å²) in [7, 11) is -2.75. The Hall–Kier alpha value is -3.72. The van der Waals surface area contributed by atoms with Crippen LogP contribution in [0.1, 0.15) is 12.5 Å². The lowest BCUT2D eigenvalue weighted by atomic mass is 10.2. The summed E-state index contributed by atoms with van der Waals surface area (Å²) in [6, 6.07) is 18.8. The molecule has 0 fully saturated rings. The molecule has 0 saturated carbocycles. The maximum absolute atomic E-state index is 14.0. The molecule has 0 bridgehead atoms. The van der Waals surface area contributed by atoms with Crippen LogP contribution in [0.5, 0.6) is 17.2 Å². The minimum atomic E-state index is -4.17. The Bertz CT molecular complexity index is 1310. The van der Waals surface area contributed by atoms with E-state index in [9.17, 15) is 13.2 Å². The van der Waals surface area contributed by atoms with Crippen LogP contribution >= 0.6 is 0 Å². The molecule has 0 aliphatic carbocycles. The summed E-state index contributed by atoms with van der Waals surface area (Å²) >= 11 is 0. The predicted molar refractivity (Wildman–Crippen MR) is 134 cm³/mol. The standard InChI is InChI=1S/C26H28N2O6S/c1-4-33-21-12-10-20(11-13-21)28(35(30,31)25-17-19(2)9-14-24(25)32-3)18-26(29)27-15-16-34-23-8-6-5-7-22(23)27/h5-14,17H,4,15-16,18H2,1-3H3. The van der Waals surface area contributed by atoms with Gasteiger partial charge in [-0.1, -0.05) is 18.2 Å². The number of amides is 1. The number of hydrogen-bond acceptors (Lipinski definition) is 6. The second kappa shape index (κ2) is 10.3. The zero-order valence-electron chi connectivity index (χ0n) is 19.9. The van der Waals surface area contributed by atoms with Crippen molar-refractivity contribution in [1.29, 1.82) is 0 Å². The van der Waals surface area contributed by atoms with Gasteiger partial charge in [0.2, 0.25) is 5.91 Å². The van der Waals surface area contributed by atoms with E-state index in [1.165, 1.54) is 7.11 Å². The number of carbonyl (C=O) groups excluding carboxylic acids is 1. The number of para-hydroxylation sites is 2. The van der Waals surface area contributed by atoms with Crippen LogP contribution in [0.15, 0.2) is 71.6 Å². The van der Waals surface area contributed by atoms with Crippen LogP contribution in [0.4, 0.5) is 11.4 Å². The van der Waals surface area contributed by atoms with Gasteiger partial charge in [-0.2, -0.15) is 0 Å². The third-order valence-electron chi connectivity index (χ3n) is 5.63. The number of aryl methyl sites for hydroxylation is 1. The molecular formula is C26H28N2O6S. The topological polar surface area (TPSA) is 85.4 Å². The first-order chi connectivity index (χ1) is 16.8. The van der Waals surface area contributed by atoms with Crippen molar-refractivity contribution < 1.29 is 27.4 Å². The summed E-state index contributed by atoms with van der Waals surface area (Å²) in [6.07, 6.45) is 0. The monoisotopic (exact) mass is 496 g/mol. The Morgan fingerprint density at radius 3 is 2.54 bits per heavy atom. The summed E-state index contributed by atoms with van der Waals surface area (Å²) in [5.74, 6) is 1.03. The molecule has 0 unspecified atom stereocenters. The van der Waals surface area contributed by atoms with Gasteiger partial charge in [0.05, 0.1) is 31.6 Å². The molecule has 0 atom stereocenters. The third kappa shape index (κ3) is 5.05. The molecule has 0 saturated heterocycles. The van der Waals surface area contributed by atoms with Crippen LogP contribution in [-0.2, 0) is 14.8 Å². The van der Waals surface area contributed by atoms with Crippen molar-refractivity contribution in [2.45, 2.75) is 18.7 Å². The van der Waals surface area contributed by atoms with Gasteiger partial charge in [-0.15, -0.1) is 0 Å². The molecule has 0 spiro atoms. The fourth-order valence-electron chi connectivity index (χ4n) is 3.93. The molecule has 0 N–H and O–H groups in total. The zero-order chi connectivity index (χ0) is 25.0. The van der Waals surface area contributed by atoms with Gasteiger partial charge < -0.3 is 19.1 Å². The van der Waals surface area contributed by atoms with Gasteiger partial charge in [-0.3, -0.25) is 9.10 Å². The summed E-state index contributed by atoms with van der Waals surface area (Å²) in [5.41, 5.74) is 1.71. The second-order valence-electron chi connectivity index (χ2n) is 7.95. The number of benzene rings is 3. The number of ether oxygens (including phenoxy) is 3. The van der Waals surface area contributed by atoms with Crippen molar-refractivity contribution >= 4 is 27.3 Å². The fraction of sp³-hybridized carbons (Fsp3) is 0.269. The van der Waals surface area contributed by atoms with Crippen molar-refractivity contribution in [2.24, 2.45) is 0 Å². The number of methoxy groups -OCH3 is 1. The first-order valence-electron chi connectivity index (χ1n) is 11.3. The van der Waals surface area contributed by atoms with E-state index in [1.54, 1.807) is 66.4 Å². The highest BCUT2D eigenvalue weighted by Gasteiger charge is 2.33. The summed E-state index contributed by atoms with van der Waals surface area (Å²) in [4.78, 5) is 15.1. The molecule has 1 amide bonds. The highest BCUT2D eigenvalue weighted by Crippen LogP contribution is 2.34. The Morgan fingerprint density at radius 2 is 1.83 bits per heavy atom. The van der Waals surface area contributed by atoms with Crippen molar-refractivity contribution in [3.8, 4) is 17.2 Å². The van der Waals surface area contributed by atoms with E-state index in [2.05, 4.69) is 0 Å². The first-order valence-corrected chi connectivity index (χ1v) is 12.7. The number of fused-ring (bicyclic) bond motifs is 1. The smallest absolute Gasteiger partial charge is 0.268 e. The molecule has 3 aromatic rings. The highest BCUT2D eigenvalue weighted by molar-refractivity contribution is 7.93. The molecule has 1 heterocycles. The van der Waals surface area contributed by atoms with Crippen LogP contribution < -0.4 is 23.4 Å². The van der Waals surface area contributed by atoms with E-state index in [0.29, 0.717) is 42.6 Å². The predicted octanol–water partition coefficient (Wildman–Crippen LogP) is 4.02. The Labute approximate surface area is 205 Å². The quantitative estimate of drug-likeness (QED) is 0.468. The lowest BCUT2D eigenvalue weighted by molar-refractivity contribution is -0.117. The van der Waals surface area contributed by atoms with Gasteiger partial charge in [0.25, 0.3) is 10.0 Å². The maximum Gasteiger partial charge on any atom is 0.268 e. The Balaban J connectivity index is 1.76. The van der Waals surface area contributed by atoms with Crippen molar-refractivity contribution in [3.63, 3.8) is 0 Å². The minimum absolute atomic E-state index is 0.0101. The van der Waals surface area contributed by atoms with E-state index in [4.69, 9.17) is 14.2 Å². The molecule has 0 radical (unpaired) electrons. The van der Waals surface area contributed by atoms with Gasteiger partial charge in [0.15, 0.2) is 0 Å². The van der Waals surface area contributed by atoms with Gasteiger partial charge >= 0.3 is 0 Å². The van der Waals surface area contributed by atoms with Gasteiger partial charge in [0, 0.05) is 0 Å². The van der Waals surface area contributed by atoms with Crippen LogP contribution in [0.25, 0.3) is 0 Å². The van der Waals surface area contributed by atoms with Gasteiger partial charge in [-0.25, -0.2) is 8.42 Å². The van der Waals surface area contributed by atoms with Gasteiger partial charge in [0.1, 0.15) is 35.3 Å². The molecule has 1 aliphatic heterocycles. The Kier molecular flexibility index (Phi) is 7.16. The van der Waals surface area contributed by atoms with Crippen molar-refractivity contribution in [3.05, 3.63) is 72.3 Å². The number of anilines is 2. The van der Waals surface area contributed by atoms with E-state index in [1.807, 2.05) is 19.1 Å². The van der Waals surface area contributed by atoms with Crippen LogP contribution in [0.2, 0.25) is 0 Å². The number of carbonyl (C=O) groups is 1. The Morgan fingerprint density at radius 1 is 1.09 bits per heavy atom. The third-order valence-corrected chi connectivity index (χ3v) is 7.43. The van der Waals surface area contributed by atoms with E-state index < -0.39 is 16.6 Å². The van der Waals surface area contributed by atoms with Crippen LogP contribution in [0.3, 0.4) is 0 Å². The molecule has 35 heavy (non-hydrogen) atoms. The number of rotatable bonds is 8. The maximum atomic E-state index is 14.0. The van der Waals surface area contributed by atoms with Crippen molar-refractivity contribution in [2.75, 3.05) is 42.6 Å². The summed E-state index contributed by atoms with van der Waals surface area (Å²) < 4.78 is 45.5. The molecule has 0 aromatic heterocycles. The highest BCUT2D eigenvalue weighted by atomic mass is 32.2. The van der Waals surface area contributed by atoms with E-state index in [0.717, 1.165) is 9.87 Å². The van der Waals surface area contributed by atoms with E-state index >= 15 is 0 Å². The first kappa shape index (κ1) is 24.4. The average Bonchev–Trinajstić information content (AvgIpc) is 2.87. The molecule has 4 rings (SSSR count). The van der Waals surface area contributed by atoms with E-state index in [-0.39, 0.29) is 16.6 Å². The average molecular weight is 497 g/mol. The molecule has 1 aliphatic rings. The van der Waals surface area contributed by atoms with Crippen LogP contribution in [0, 0.1) is 6.92 Å². The number of nitrogens with zero attached hydrogens (tertiary/aromatic N) is 2. The summed E-state index contributed by atoms with van der Waals surface area (Å²) in [5, 5.41) is 0. The second-order valence-corrected chi connectivity index (χ2v) is 9.79. The summed E-state index contributed by atoms with van der Waals surface area (Å²) in [6.45, 7) is 4.40. The number of sulfonamides is 1.